The van der Waals surface area contributed by atoms with E-state index in [2.05, 4.69) is 16.4 Å². The summed E-state index contributed by atoms with van der Waals surface area (Å²) in [6.45, 7) is 0. The Kier molecular flexibility index (Phi) is 4.19. The van der Waals surface area contributed by atoms with Gasteiger partial charge in [0.15, 0.2) is 0 Å². The number of allylic oxidation sites excluding steroid dienone is 2. The topological polar surface area (TPSA) is 68.9 Å². The summed E-state index contributed by atoms with van der Waals surface area (Å²) >= 11 is 0. The van der Waals surface area contributed by atoms with E-state index in [1.165, 1.54) is 15.6 Å². The summed E-state index contributed by atoms with van der Waals surface area (Å²) in [5.41, 5.74) is -0.803. The molecule has 0 saturated heterocycles. The molecule has 0 aromatic carbocycles. The Balaban J connectivity index is 2.49. The Labute approximate surface area is 111 Å². The normalized spacial score (nSPS) is 19.8. The van der Waals surface area contributed by atoms with Crippen LogP contribution in [0.1, 0.15) is 38.1 Å². The molecule has 2 rings (SSSR count). The zero-order valence-electron chi connectivity index (χ0n) is 11.4. The molecule has 0 aliphatic heterocycles. The minimum Gasteiger partial charge on any atom is -0.358 e. The standard InChI is InChI=1S/C13H20N4O2/c1-14-11-15-12(18)17(13(19)16(11)2)10-8-6-4-3-5-7-9-10/h6,8,10H,3-5,7,9H2,1-2H3,(H,14,15,18). The number of rotatable bonds is 2. The van der Waals surface area contributed by atoms with E-state index >= 15 is 0 Å². The molecule has 6 nitrogen and oxygen atoms in total. The summed E-state index contributed by atoms with van der Waals surface area (Å²) < 4.78 is 2.62. The second-order valence-electron chi connectivity index (χ2n) is 4.81. The summed E-state index contributed by atoms with van der Waals surface area (Å²) in [5, 5.41) is 2.75. The van der Waals surface area contributed by atoms with Crippen molar-refractivity contribution < 1.29 is 0 Å². The van der Waals surface area contributed by atoms with E-state index in [4.69, 9.17) is 0 Å². The largest absolute Gasteiger partial charge is 0.358 e. The smallest absolute Gasteiger partial charge is 0.355 e. The average molecular weight is 264 g/mol. The highest BCUT2D eigenvalue weighted by Gasteiger charge is 2.17. The van der Waals surface area contributed by atoms with Gasteiger partial charge in [0.1, 0.15) is 0 Å². The van der Waals surface area contributed by atoms with Crippen LogP contribution in [0.25, 0.3) is 0 Å². The number of nitrogens with one attached hydrogen (secondary N) is 1. The van der Waals surface area contributed by atoms with E-state index in [9.17, 15) is 9.59 Å². The van der Waals surface area contributed by atoms with E-state index in [-0.39, 0.29) is 11.7 Å². The fraction of sp³-hybridized carbons (Fsp3) is 0.615. The number of hydrogen-bond acceptors (Lipinski definition) is 4. The Hall–Kier alpha value is -1.85. The number of anilines is 1. The van der Waals surface area contributed by atoms with Crippen LogP contribution in [0.3, 0.4) is 0 Å². The van der Waals surface area contributed by atoms with Crippen molar-refractivity contribution in [1.82, 2.24) is 14.1 Å². The molecule has 1 unspecified atom stereocenters. The van der Waals surface area contributed by atoms with Gasteiger partial charge in [-0.25, -0.2) is 14.2 Å². The molecule has 1 aliphatic rings. The van der Waals surface area contributed by atoms with Gasteiger partial charge in [-0.1, -0.05) is 25.0 Å². The Morgan fingerprint density at radius 3 is 2.84 bits per heavy atom. The highest BCUT2D eigenvalue weighted by Crippen LogP contribution is 2.18. The van der Waals surface area contributed by atoms with Gasteiger partial charge < -0.3 is 5.32 Å². The summed E-state index contributed by atoms with van der Waals surface area (Å²) in [4.78, 5) is 28.2. The van der Waals surface area contributed by atoms with Crippen LogP contribution < -0.4 is 16.7 Å². The summed E-state index contributed by atoms with van der Waals surface area (Å²) in [6.07, 6.45) is 9.17. The lowest BCUT2D eigenvalue weighted by Gasteiger charge is -2.18. The number of nitrogens with zero attached hydrogens (tertiary/aromatic N) is 3. The van der Waals surface area contributed by atoms with Crippen molar-refractivity contribution in [3.05, 3.63) is 33.1 Å². The van der Waals surface area contributed by atoms with Crippen LogP contribution in [-0.2, 0) is 7.05 Å². The monoisotopic (exact) mass is 264 g/mol. The summed E-state index contributed by atoms with van der Waals surface area (Å²) in [5.74, 6) is 0.293. The van der Waals surface area contributed by atoms with Gasteiger partial charge in [-0.15, -0.1) is 0 Å². The van der Waals surface area contributed by atoms with Crippen molar-refractivity contribution in [2.75, 3.05) is 12.4 Å². The van der Waals surface area contributed by atoms with Gasteiger partial charge in [-0.05, 0) is 19.3 Å². The Morgan fingerprint density at radius 1 is 1.32 bits per heavy atom. The number of hydrogen-bond donors (Lipinski definition) is 1. The van der Waals surface area contributed by atoms with Crippen LogP contribution in [0.4, 0.5) is 5.95 Å². The molecule has 0 bridgehead atoms. The summed E-state index contributed by atoms with van der Waals surface area (Å²) in [7, 11) is 3.25. The third kappa shape index (κ3) is 2.77. The molecular formula is C13H20N4O2. The fourth-order valence-electron chi connectivity index (χ4n) is 2.42. The molecule has 0 saturated carbocycles. The Morgan fingerprint density at radius 2 is 2.11 bits per heavy atom. The molecule has 1 N–H and O–H groups in total. The van der Waals surface area contributed by atoms with Crippen molar-refractivity contribution in [3.63, 3.8) is 0 Å². The molecule has 1 aromatic rings. The van der Waals surface area contributed by atoms with Gasteiger partial charge in [0.05, 0.1) is 6.04 Å². The minimum absolute atomic E-state index is 0.176. The highest BCUT2D eigenvalue weighted by molar-refractivity contribution is 5.21. The van der Waals surface area contributed by atoms with Crippen molar-refractivity contribution in [1.29, 1.82) is 0 Å². The molecule has 0 spiro atoms. The van der Waals surface area contributed by atoms with Crippen molar-refractivity contribution >= 4 is 5.95 Å². The first-order valence-corrected chi connectivity index (χ1v) is 6.69. The van der Waals surface area contributed by atoms with E-state index in [1.807, 2.05) is 6.08 Å². The molecule has 6 heteroatoms. The molecule has 0 radical (unpaired) electrons. The molecule has 0 fully saturated rings. The third-order valence-electron chi connectivity index (χ3n) is 3.50. The van der Waals surface area contributed by atoms with Gasteiger partial charge in [0.2, 0.25) is 5.95 Å². The van der Waals surface area contributed by atoms with Gasteiger partial charge in [-0.3, -0.25) is 4.57 Å². The Bertz CT molecular complexity index is 585. The maximum Gasteiger partial charge on any atom is 0.355 e. The second kappa shape index (κ2) is 5.86. The number of aromatic nitrogens is 3. The van der Waals surface area contributed by atoms with Crippen LogP contribution in [0, 0.1) is 0 Å². The summed E-state index contributed by atoms with van der Waals surface area (Å²) in [6, 6.07) is -0.176. The van der Waals surface area contributed by atoms with Crippen molar-refractivity contribution in [2.45, 2.75) is 38.1 Å². The van der Waals surface area contributed by atoms with Crippen LogP contribution >= 0.6 is 0 Å². The molecule has 19 heavy (non-hydrogen) atoms. The van der Waals surface area contributed by atoms with Crippen molar-refractivity contribution in [2.24, 2.45) is 7.05 Å². The van der Waals surface area contributed by atoms with Gasteiger partial charge in [0, 0.05) is 14.1 Å². The minimum atomic E-state index is -0.484. The van der Waals surface area contributed by atoms with Crippen LogP contribution in [-0.4, -0.2) is 21.2 Å². The lowest BCUT2D eigenvalue weighted by Crippen LogP contribution is -2.43. The lowest BCUT2D eigenvalue weighted by atomic mass is 10.0. The molecular weight excluding hydrogens is 244 g/mol. The third-order valence-corrected chi connectivity index (χ3v) is 3.50. The molecule has 1 atom stereocenters. The quantitative estimate of drug-likeness (QED) is 0.810. The van der Waals surface area contributed by atoms with Crippen LogP contribution in [0.2, 0.25) is 0 Å². The first-order chi connectivity index (χ1) is 9.15. The molecule has 1 aromatic heterocycles. The molecule has 1 aliphatic carbocycles. The molecule has 0 amide bonds. The fourth-order valence-corrected chi connectivity index (χ4v) is 2.42. The predicted octanol–water partition coefficient (Wildman–Crippen LogP) is 1.05. The molecule has 1 heterocycles. The first-order valence-electron chi connectivity index (χ1n) is 6.69. The maximum absolute atomic E-state index is 12.3. The predicted molar refractivity (Wildman–Crippen MR) is 74.5 cm³/mol. The first kappa shape index (κ1) is 13.6. The zero-order chi connectivity index (χ0) is 13.8. The lowest BCUT2D eigenvalue weighted by molar-refractivity contribution is 0.454. The van der Waals surface area contributed by atoms with Gasteiger partial charge in [-0.2, -0.15) is 4.98 Å². The second-order valence-corrected chi connectivity index (χ2v) is 4.81. The average Bonchev–Trinajstić information content (AvgIpc) is 2.36. The van der Waals surface area contributed by atoms with Gasteiger partial charge in [0.25, 0.3) is 0 Å². The SMILES string of the molecule is CNc1nc(=O)n(C2C=CCCCCC2)c(=O)n1C. The van der Waals surface area contributed by atoms with Gasteiger partial charge >= 0.3 is 11.4 Å². The maximum atomic E-state index is 12.3. The zero-order valence-corrected chi connectivity index (χ0v) is 11.4. The van der Waals surface area contributed by atoms with E-state index in [0.29, 0.717) is 5.95 Å². The highest BCUT2D eigenvalue weighted by atomic mass is 16.2. The van der Waals surface area contributed by atoms with E-state index in [1.54, 1.807) is 14.1 Å². The van der Waals surface area contributed by atoms with Crippen LogP contribution in [0.15, 0.2) is 21.7 Å². The molecule has 104 valence electrons. The van der Waals surface area contributed by atoms with E-state index < -0.39 is 5.69 Å². The van der Waals surface area contributed by atoms with Crippen LogP contribution in [0.5, 0.6) is 0 Å². The van der Waals surface area contributed by atoms with E-state index in [0.717, 1.165) is 25.7 Å². The van der Waals surface area contributed by atoms with Crippen molar-refractivity contribution in [3.8, 4) is 0 Å².